The fourth-order valence-electron chi connectivity index (χ4n) is 3.95. The Hall–Kier alpha value is -1.88. The highest BCUT2D eigenvalue weighted by molar-refractivity contribution is 5.78. The molecule has 1 aliphatic carbocycles. The largest absolute Gasteiger partial charge is 0.374 e. The summed E-state index contributed by atoms with van der Waals surface area (Å²) in [6, 6.07) is 8.35. The summed E-state index contributed by atoms with van der Waals surface area (Å²) in [5.74, 6) is 0.253. The smallest absolute Gasteiger partial charge is 0.224 e. The lowest BCUT2D eigenvalue weighted by atomic mass is 9.90. The first-order valence-corrected chi connectivity index (χ1v) is 8.64. The van der Waals surface area contributed by atoms with Crippen molar-refractivity contribution in [2.75, 3.05) is 13.2 Å². The molecule has 2 heterocycles. The maximum atomic E-state index is 12.7. The molecular weight excluding hydrogens is 290 g/mol. The first-order chi connectivity index (χ1) is 11.3. The number of amides is 1. The third kappa shape index (κ3) is 2.85. The lowest BCUT2D eigenvalue weighted by Gasteiger charge is -2.43. The Morgan fingerprint density at radius 2 is 2.13 bits per heavy atom. The average Bonchev–Trinajstić information content (AvgIpc) is 3.02. The first-order valence-electron chi connectivity index (χ1n) is 8.64. The molecule has 1 saturated carbocycles. The van der Waals surface area contributed by atoms with Crippen molar-refractivity contribution in [1.29, 1.82) is 0 Å². The van der Waals surface area contributed by atoms with Crippen molar-refractivity contribution >= 4 is 16.9 Å². The molecule has 2 atom stereocenters. The number of rotatable bonds is 3. The minimum Gasteiger partial charge on any atom is -0.374 e. The Balaban J connectivity index is 1.43. The van der Waals surface area contributed by atoms with Gasteiger partial charge in [-0.05, 0) is 25.0 Å². The van der Waals surface area contributed by atoms with Gasteiger partial charge in [0.05, 0.1) is 36.1 Å². The highest BCUT2D eigenvalue weighted by Gasteiger charge is 2.36. The summed E-state index contributed by atoms with van der Waals surface area (Å²) in [5, 5.41) is 0. The molecule has 5 heteroatoms. The summed E-state index contributed by atoms with van der Waals surface area (Å²) in [7, 11) is 0. The number of hydrogen-bond donors (Lipinski definition) is 0. The Morgan fingerprint density at radius 1 is 1.26 bits per heavy atom. The number of benzene rings is 1. The number of fused-ring (bicyclic) bond motifs is 2. The van der Waals surface area contributed by atoms with E-state index >= 15 is 0 Å². The van der Waals surface area contributed by atoms with Crippen LogP contribution in [-0.4, -0.2) is 45.7 Å². The number of carbonyl (C=O) groups is 1. The summed E-state index contributed by atoms with van der Waals surface area (Å²) < 4.78 is 7.94. The van der Waals surface area contributed by atoms with Crippen molar-refractivity contribution in [3.8, 4) is 0 Å². The third-order valence-electron chi connectivity index (χ3n) is 5.15. The monoisotopic (exact) mass is 313 g/mol. The molecule has 23 heavy (non-hydrogen) atoms. The van der Waals surface area contributed by atoms with E-state index in [1.54, 1.807) is 0 Å². The van der Waals surface area contributed by atoms with Gasteiger partial charge in [-0.25, -0.2) is 4.98 Å². The van der Waals surface area contributed by atoms with Crippen molar-refractivity contribution in [1.82, 2.24) is 14.5 Å². The zero-order valence-electron chi connectivity index (χ0n) is 13.4. The van der Waals surface area contributed by atoms with Crippen LogP contribution in [-0.2, 0) is 16.1 Å². The standard InChI is InChI=1S/C18H23N3O2/c22-18(21-11-12-23-17-8-4-3-7-16(17)21)9-10-20-13-19-14-5-1-2-6-15(14)20/h1-2,5-6,13,16-17H,3-4,7-12H2/t16-,17+/m0/s1. The molecule has 1 aromatic heterocycles. The molecule has 0 radical (unpaired) electrons. The topological polar surface area (TPSA) is 47.4 Å². The molecular formula is C18H23N3O2. The van der Waals surface area contributed by atoms with Crippen molar-refractivity contribution in [3.05, 3.63) is 30.6 Å². The lowest BCUT2D eigenvalue weighted by molar-refractivity contribution is -0.149. The molecule has 2 fully saturated rings. The first kappa shape index (κ1) is 14.7. The van der Waals surface area contributed by atoms with Crippen LogP contribution in [0.15, 0.2) is 30.6 Å². The van der Waals surface area contributed by atoms with E-state index in [1.807, 2.05) is 24.5 Å². The van der Waals surface area contributed by atoms with Crippen LogP contribution in [0.2, 0.25) is 0 Å². The molecule has 0 spiro atoms. The van der Waals surface area contributed by atoms with Crippen LogP contribution in [0.5, 0.6) is 0 Å². The van der Waals surface area contributed by atoms with Gasteiger partial charge in [0.25, 0.3) is 0 Å². The number of aromatic nitrogens is 2. The van der Waals surface area contributed by atoms with Crippen molar-refractivity contribution in [3.63, 3.8) is 0 Å². The van der Waals surface area contributed by atoms with E-state index in [9.17, 15) is 4.79 Å². The van der Waals surface area contributed by atoms with Crippen LogP contribution in [0.1, 0.15) is 32.1 Å². The van der Waals surface area contributed by atoms with E-state index in [0.717, 1.165) is 30.4 Å². The summed E-state index contributed by atoms with van der Waals surface area (Å²) in [6.07, 6.45) is 7.25. The predicted octanol–water partition coefficient (Wildman–Crippen LogP) is 2.60. The second-order valence-electron chi connectivity index (χ2n) is 6.52. The van der Waals surface area contributed by atoms with Crippen LogP contribution in [0.3, 0.4) is 0 Å². The number of hydrogen-bond acceptors (Lipinski definition) is 3. The van der Waals surface area contributed by atoms with Gasteiger partial charge in [-0.3, -0.25) is 4.79 Å². The number of morpholine rings is 1. The number of imidazole rings is 1. The molecule has 4 rings (SSSR count). The maximum absolute atomic E-state index is 12.7. The van der Waals surface area contributed by atoms with Crippen LogP contribution in [0, 0.1) is 0 Å². The van der Waals surface area contributed by atoms with Gasteiger partial charge in [-0.15, -0.1) is 0 Å². The highest BCUT2D eigenvalue weighted by Crippen LogP contribution is 2.28. The van der Waals surface area contributed by atoms with Crippen LogP contribution in [0.4, 0.5) is 0 Å². The quantitative estimate of drug-likeness (QED) is 0.875. The number of aryl methyl sites for hydroxylation is 1. The second kappa shape index (κ2) is 6.32. The molecule has 1 aromatic carbocycles. The second-order valence-corrected chi connectivity index (χ2v) is 6.52. The molecule has 2 aliphatic rings. The zero-order chi connectivity index (χ0) is 15.6. The van der Waals surface area contributed by atoms with Gasteiger partial charge < -0.3 is 14.2 Å². The van der Waals surface area contributed by atoms with E-state index in [2.05, 4.69) is 20.5 Å². The Labute approximate surface area is 136 Å². The SMILES string of the molecule is O=C(CCn1cnc2ccccc21)N1CCO[C@@H]2CCCC[C@@H]21. The van der Waals surface area contributed by atoms with E-state index in [1.165, 1.54) is 12.8 Å². The number of ether oxygens (including phenoxy) is 1. The van der Waals surface area contributed by atoms with Gasteiger partial charge in [0.1, 0.15) is 0 Å². The van der Waals surface area contributed by atoms with Gasteiger partial charge in [0.15, 0.2) is 0 Å². The van der Waals surface area contributed by atoms with Crippen LogP contribution >= 0.6 is 0 Å². The molecule has 5 nitrogen and oxygen atoms in total. The van der Waals surface area contributed by atoms with E-state index < -0.39 is 0 Å². The molecule has 0 unspecified atom stereocenters. The maximum Gasteiger partial charge on any atom is 0.224 e. The molecule has 2 aromatic rings. The fourth-order valence-corrected chi connectivity index (χ4v) is 3.95. The number of para-hydroxylation sites is 2. The van der Waals surface area contributed by atoms with Crippen LogP contribution < -0.4 is 0 Å². The molecule has 1 saturated heterocycles. The molecule has 1 amide bonds. The summed E-state index contributed by atoms with van der Waals surface area (Å²) in [6.45, 7) is 2.11. The fraction of sp³-hybridized carbons (Fsp3) is 0.556. The molecule has 1 aliphatic heterocycles. The number of nitrogens with zero attached hydrogens (tertiary/aromatic N) is 3. The van der Waals surface area contributed by atoms with Crippen molar-refractivity contribution in [2.24, 2.45) is 0 Å². The normalized spacial score (nSPS) is 24.6. The van der Waals surface area contributed by atoms with Crippen LogP contribution in [0.25, 0.3) is 11.0 Å². The average molecular weight is 313 g/mol. The summed E-state index contributed by atoms with van der Waals surface area (Å²) in [4.78, 5) is 19.2. The van der Waals surface area contributed by atoms with Gasteiger partial charge in [-0.1, -0.05) is 25.0 Å². The van der Waals surface area contributed by atoms with Gasteiger partial charge in [-0.2, -0.15) is 0 Å². The Bertz CT molecular complexity index is 694. The predicted molar refractivity (Wildman–Crippen MR) is 88.1 cm³/mol. The molecule has 0 bridgehead atoms. The van der Waals surface area contributed by atoms with Crippen molar-refractivity contribution < 1.29 is 9.53 Å². The van der Waals surface area contributed by atoms with Gasteiger partial charge in [0, 0.05) is 19.5 Å². The van der Waals surface area contributed by atoms with Gasteiger partial charge in [0.2, 0.25) is 5.91 Å². The van der Waals surface area contributed by atoms with E-state index in [4.69, 9.17) is 4.74 Å². The zero-order valence-corrected chi connectivity index (χ0v) is 13.4. The van der Waals surface area contributed by atoms with E-state index in [-0.39, 0.29) is 12.0 Å². The van der Waals surface area contributed by atoms with Crippen molar-refractivity contribution in [2.45, 2.75) is 50.8 Å². The summed E-state index contributed by atoms with van der Waals surface area (Å²) in [5.41, 5.74) is 2.08. The number of carbonyl (C=O) groups excluding carboxylic acids is 1. The van der Waals surface area contributed by atoms with Gasteiger partial charge >= 0.3 is 0 Å². The minimum absolute atomic E-state index is 0.253. The van der Waals surface area contributed by atoms with E-state index in [0.29, 0.717) is 25.6 Å². The highest BCUT2D eigenvalue weighted by atomic mass is 16.5. The third-order valence-corrected chi connectivity index (χ3v) is 5.15. The lowest BCUT2D eigenvalue weighted by Crippen LogP contribution is -2.54. The molecule has 122 valence electrons. The molecule has 0 N–H and O–H groups in total. The Kier molecular flexibility index (Phi) is 4.04. The Morgan fingerprint density at radius 3 is 3.09 bits per heavy atom. The summed E-state index contributed by atoms with van der Waals surface area (Å²) >= 11 is 0. The minimum atomic E-state index is 0.253.